The first-order chi connectivity index (χ1) is 9.93. The average molecular weight is 306 g/mol. The number of aromatic nitrogens is 1. The fourth-order valence-corrected chi connectivity index (χ4v) is 2.49. The second-order valence-corrected chi connectivity index (χ2v) is 5.70. The van der Waals surface area contributed by atoms with Crippen LogP contribution in [0.5, 0.6) is 0 Å². The summed E-state index contributed by atoms with van der Waals surface area (Å²) in [6.45, 7) is 1.88. The third-order valence-electron chi connectivity index (χ3n) is 2.70. The molecular formula is C14H14N2O4S. The Balaban J connectivity index is 2.63. The number of esters is 1. The number of hydrogen-bond acceptors (Lipinski definition) is 5. The Hall–Kier alpha value is -2.25. The van der Waals surface area contributed by atoms with E-state index >= 15 is 0 Å². The van der Waals surface area contributed by atoms with Crippen molar-refractivity contribution in [1.29, 1.82) is 0 Å². The van der Waals surface area contributed by atoms with Crippen LogP contribution in [0.2, 0.25) is 0 Å². The zero-order valence-electron chi connectivity index (χ0n) is 11.3. The van der Waals surface area contributed by atoms with Gasteiger partial charge in [0.1, 0.15) is 10.6 Å². The van der Waals surface area contributed by atoms with E-state index in [0.717, 1.165) is 0 Å². The van der Waals surface area contributed by atoms with Gasteiger partial charge >= 0.3 is 5.97 Å². The molecule has 21 heavy (non-hydrogen) atoms. The number of rotatable bonds is 4. The first-order valence-electron chi connectivity index (χ1n) is 6.20. The Morgan fingerprint density at radius 2 is 1.86 bits per heavy atom. The minimum Gasteiger partial charge on any atom is -0.461 e. The lowest BCUT2D eigenvalue weighted by Gasteiger charge is -2.09. The van der Waals surface area contributed by atoms with Crippen LogP contribution in [-0.2, 0) is 14.8 Å². The van der Waals surface area contributed by atoms with Crippen LogP contribution in [0.25, 0.3) is 11.3 Å². The molecule has 7 heteroatoms. The summed E-state index contributed by atoms with van der Waals surface area (Å²) in [6, 6.07) is 11.2. The predicted molar refractivity (Wildman–Crippen MR) is 77.0 cm³/mol. The SMILES string of the molecule is CCOC(=O)c1ccc(S(N)(=O)=O)c(-c2ccccc2)n1. The van der Waals surface area contributed by atoms with E-state index in [2.05, 4.69) is 4.98 Å². The Morgan fingerprint density at radius 3 is 2.43 bits per heavy atom. The number of hydrogen-bond donors (Lipinski definition) is 1. The maximum atomic E-state index is 11.7. The van der Waals surface area contributed by atoms with E-state index in [0.29, 0.717) is 5.56 Å². The average Bonchev–Trinajstić information content (AvgIpc) is 2.47. The lowest BCUT2D eigenvalue weighted by molar-refractivity contribution is 0.0519. The summed E-state index contributed by atoms with van der Waals surface area (Å²) in [7, 11) is -3.95. The fourth-order valence-electron chi connectivity index (χ4n) is 1.80. The van der Waals surface area contributed by atoms with Crippen molar-refractivity contribution >= 4 is 16.0 Å². The molecule has 1 heterocycles. The van der Waals surface area contributed by atoms with E-state index in [1.165, 1.54) is 12.1 Å². The molecule has 0 aliphatic carbocycles. The van der Waals surface area contributed by atoms with Crippen LogP contribution < -0.4 is 5.14 Å². The number of sulfonamides is 1. The van der Waals surface area contributed by atoms with Gasteiger partial charge in [0.25, 0.3) is 0 Å². The van der Waals surface area contributed by atoms with Crippen LogP contribution in [0.1, 0.15) is 17.4 Å². The lowest BCUT2D eigenvalue weighted by Crippen LogP contribution is -2.16. The van der Waals surface area contributed by atoms with Gasteiger partial charge in [-0.3, -0.25) is 0 Å². The van der Waals surface area contributed by atoms with Crippen LogP contribution in [0.4, 0.5) is 0 Å². The summed E-state index contributed by atoms with van der Waals surface area (Å²) >= 11 is 0. The van der Waals surface area contributed by atoms with Gasteiger partial charge in [0.2, 0.25) is 10.0 Å². The first kappa shape index (κ1) is 15.1. The third kappa shape index (κ3) is 3.45. The van der Waals surface area contributed by atoms with Crippen LogP contribution in [-0.4, -0.2) is 26.0 Å². The van der Waals surface area contributed by atoms with Crippen molar-refractivity contribution in [2.24, 2.45) is 5.14 Å². The molecule has 0 amide bonds. The summed E-state index contributed by atoms with van der Waals surface area (Å²) < 4.78 is 28.2. The van der Waals surface area contributed by atoms with Crippen molar-refractivity contribution < 1.29 is 17.9 Å². The number of primary sulfonamides is 1. The second kappa shape index (κ2) is 6.02. The number of carbonyl (C=O) groups excluding carboxylic acids is 1. The van der Waals surface area contributed by atoms with Crippen molar-refractivity contribution in [1.82, 2.24) is 4.98 Å². The summed E-state index contributed by atoms with van der Waals surface area (Å²) in [5, 5.41) is 5.20. The van der Waals surface area contributed by atoms with E-state index in [1.807, 2.05) is 0 Å². The molecule has 0 aliphatic rings. The van der Waals surface area contributed by atoms with Crippen LogP contribution in [0.3, 0.4) is 0 Å². The number of nitrogens with two attached hydrogens (primary N) is 1. The predicted octanol–water partition coefficient (Wildman–Crippen LogP) is 1.57. The van der Waals surface area contributed by atoms with Gasteiger partial charge < -0.3 is 4.74 Å². The molecule has 0 spiro atoms. The van der Waals surface area contributed by atoms with Gasteiger partial charge in [-0.2, -0.15) is 0 Å². The smallest absolute Gasteiger partial charge is 0.356 e. The zero-order valence-corrected chi connectivity index (χ0v) is 12.1. The molecule has 0 bridgehead atoms. The summed E-state index contributed by atoms with van der Waals surface area (Å²) in [6.07, 6.45) is 0. The minimum absolute atomic E-state index is 0.0307. The Bertz CT molecular complexity index is 758. The highest BCUT2D eigenvalue weighted by Crippen LogP contribution is 2.25. The number of nitrogens with zero attached hydrogens (tertiary/aromatic N) is 1. The van der Waals surface area contributed by atoms with Crippen molar-refractivity contribution in [3.63, 3.8) is 0 Å². The maximum absolute atomic E-state index is 11.7. The van der Waals surface area contributed by atoms with Gasteiger partial charge in [0.05, 0.1) is 12.3 Å². The number of benzene rings is 1. The van der Waals surface area contributed by atoms with Crippen molar-refractivity contribution in [2.45, 2.75) is 11.8 Å². The molecule has 0 fully saturated rings. The summed E-state index contributed by atoms with van der Waals surface area (Å²) in [5.41, 5.74) is 0.708. The monoisotopic (exact) mass is 306 g/mol. The topological polar surface area (TPSA) is 99.4 Å². The molecule has 2 rings (SSSR count). The summed E-state index contributed by atoms with van der Waals surface area (Å²) in [5.74, 6) is -0.615. The van der Waals surface area contributed by atoms with Gasteiger partial charge in [-0.25, -0.2) is 23.3 Å². The molecule has 1 aromatic heterocycles. The largest absolute Gasteiger partial charge is 0.461 e. The van der Waals surface area contributed by atoms with Crippen molar-refractivity contribution in [3.05, 3.63) is 48.2 Å². The lowest BCUT2D eigenvalue weighted by atomic mass is 10.1. The molecule has 2 N–H and O–H groups in total. The van der Waals surface area contributed by atoms with E-state index < -0.39 is 16.0 Å². The van der Waals surface area contributed by atoms with Crippen molar-refractivity contribution in [2.75, 3.05) is 6.61 Å². The molecule has 110 valence electrons. The van der Waals surface area contributed by atoms with Crippen LogP contribution in [0.15, 0.2) is 47.4 Å². The van der Waals surface area contributed by atoms with Crippen LogP contribution in [0, 0.1) is 0 Å². The van der Waals surface area contributed by atoms with E-state index in [9.17, 15) is 13.2 Å². The number of pyridine rings is 1. The first-order valence-corrected chi connectivity index (χ1v) is 7.74. The molecule has 0 saturated heterocycles. The van der Waals surface area contributed by atoms with Crippen molar-refractivity contribution in [3.8, 4) is 11.3 Å². The normalized spacial score (nSPS) is 11.1. The van der Waals surface area contributed by atoms with Crippen LogP contribution >= 0.6 is 0 Å². The molecule has 0 unspecified atom stereocenters. The number of ether oxygens (including phenoxy) is 1. The molecule has 6 nitrogen and oxygen atoms in total. The highest BCUT2D eigenvalue weighted by molar-refractivity contribution is 7.89. The van der Waals surface area contributed by atoms with Gasteiger partial charge in [-0.1, -0.05) is 30.3 Å². The molecule has 0 atom stereocenters. The quantitative estimate of drug-likeness (QED) is 0.864. The molecule has 1 aromatic carbocycles. The maximum Gasteiger partial charge on any atom is 0.356 e. The minimum atomic E-state index is -3.95. The molecule has 0 saturated carbocycles. The molecule has 0 radical (unpaired) electrons. The van der Waals surface area contributed by atoms with Gasteiger partial charge in [0.15, 0.2) is 0 Å². The Kier molecular flexibility index (Phi) is 4.35. The molecular weight excluding hydrogens is 292 g/mol. The van der Waals surface area contributed by atoms with Gasteiger partial charge in [-0.05, 0) is 19.1 Å². The Labute approximate surface area is 122 Å². The fraction of sp³-hybridized carbons (Fsp3) is 0.143. The zero-order chi connectivity index (χ0) is 15.5. The summed E-state index contributed by atoms with van der Waals surface area (Å²) in [4.78, 5) is 15.7. The standard InChI is InChI=1S/C14H14N2O4S/c1-2-20-14(17)11-8-9-12(21(15,18)19)13(16-11)10-6-4-3-5-7-10/h3-9H,2H2,1H3,(H2,15,18,19). The highest BCUT2D eigenvalue weighted by atomic mass is 32.2. The van der Waals surface area contributed by atoms with Gasteiger partial charge in [0, 0.05) is 5.56 Å². The second-order valence-electron chi connectivity index (χ2n) is 4.17. The van der Waals surface area contributed by atoms with E-state index in [-0.39, 0.29) is 22.9 Å². The third-order valence-corrected chi connectivity index (χ3v) is 3.64. The molecule has 2 aromatic rings. The Morgan fingerprint density at radius 1 is 1.19 bits per heavy atom. The molecule has 0 aliphatic heterocycles. The number of carbonyl (C=O) groups is 1. The van der Waals surface area contributed by atoms with Gasteiger partial charge in [-0.15, -0.1) is 0 Å². The van der Waals surface area contributed by atoms with E-state index in [1.54, 1.807) is 37.3 Å². The van der Waals surface area contributed by atoms with E-state index in [4.69, 9.17) is 9.88 Å². The highest BCUT2D eigenvalue weighted by Gasteiger charge is 2.19.